The van der Waals surface area contributed by atoms with E-state index < -0.39 is 11.4 Å². The lowest BCUT2D eigenvalue weighted by molar-refractivity contribution is -0.319. The van der Waals surface area contributed by atoms with Crippen molar-refractivity contribution in [3.63, 3.8) is 0 Å². The summed E-state index contributed by atoms with van der Waals surface area (Å²) in [6, 6.07) is 0. The maximum Gasteiger partial charge on any atom is 0.0473 e. The molecular formula is C20H41ClNO2-. The van der Waals surface area contributed by atoms with Gasteiger partial charge in [0.25, 0.3) is 0 Å². The molecule has 0 aliphatic rings. The predicted octanol–water partition coefficient (Wildman–Crippen LogP) is 5.73. The van der Waals surface area contributed by atoms with Gasteiger partial charge in [-0.05, 0) is 24.6 Å². The smallest absolute Gasteiger partial charge is 0.0473 e. The van der Waals surface area contributed by atoms with E-state index in [9.17, 15) is 9.90 Å². The topological polar surface area (TPSA) is 66.1 Å². The Morgan fingerprint density at radius 3 is 1.46 bits per heavy atom. The van der Waals surface area contributed by atoms with Gasteiger partial charge in [-0.15, -0.1) is 0 Å². The largest absolute Gasteiger partial charge is 0.550 e. The van der Waals surface area contributed by atoms with E-state index in [1.165, 1.54) is 70.6 Å². The molecule has 4 heteroatoms. The third-order valence-corrected chi connectivity index (χ3v) is 4.88. The standard InChI is InChI=1S/C20H40O2.ClH2N/c1-4-6-7-8-9-10-11-12-13-14-15-16-18-20(3,17-5-2)19(21)22;1-2/h4-18H2,1-3H3,(H,21,22);2H2/p-1. The van der Waals surface area contributed by atoms with E-state index in [0.29, 0.717) is 0 Å². The summed E-state index contributed by atoms with van der Waals surface area (Å²) in [5.74, 6) is -0.863. The zero-order valence-electron chi connectivity index (χ0n) is 16.4. The Morgan fingerprint density at radius 1 is 0.750 bits per heavy atom. The van der Waals surface area contributed by atoms with Crippen molar-refractivity contribution in [2.24, 2.45) is 10.7 Å². The summed E-state index contributed by atoms with van der Waals surface area (Å²) in [6.45, 7) is 6.16. The Kier molecular flexibility index (Phi) is 20.6. The molecule has 2 N–H and O–H groups in total. The van der Waals surface area contributed by atoms with Gasteiger partial charge in [0.2, 0.25) is 0 Å². The van der Waals surface area contributed by atoms with Crippen LogP contribution in [0.3, 0.4) is 0 Å². The summed E-state index contributed by atoms with van der Waals surface area (Å²) in [4.78, 5) is 11.2. The van der Waals surface area contributed by atoms with Crippen LogP contribution in [0.4, 0.5) is 0 Å². The summed E-state index contributed by atoms with van der Waals surface area (Å²) in [5, 5.41) is 15.2. The molecule has 1 atom stereocenters. The summed E-state index contributed by atoms with van der Waals surface area (Å²) in [5.41, 5.74) is -0.604. The second-order valence-corrected chi connectivity index (χ2v) is 7.24. The summed E-state index contributed by atoms with van der Waals surface area (Å²) >= 11 is 4.14. The van der Waals surface area contributed by atoms with Gasteiger partial charge in [0, 0.05) is 11.4 Å². The Balaban J connectivity index is 0. The Hall–Kier alpha value is -0.280. The maximum absolute atomic E-state index is 11.2. The molecule has 0 bridgehead atoms. The lowest BCUT2D eigenvalue weighted by atomic mass is 9.80. The molecule has 0 aromatic carbocycles. The SMILES string of the molecule is CCCCCCCCCCCCCCC(C)(CCC)C(=O)[O-].NCl. The number of nitrogens with two attached hydrogens (primary N) is 1. The van der Waals surface area contributed by atoms with Crippen molar-refractivity contribution in [2.45, 2.75) is 117 Å². The molecule has 0 saturated heterocycles. The van der Waals surface area contributed by atoms with Gasteiger partial charge in [-0.25, -0.2) is 5.25 Å². The molecule has 24 heavy (non-hydrogen) atoms. The minimum absolute atomic E-state index is 0.604. The van der Waals surface area contributed by atoms with Crippen molar-refractivity contribution < 1.29 is 9.90 Å². The van der Waals surface area contributed by atoms with Gasteiger partial charge in [-0.3, -0.25) is 0 Å². The first-order chi connectivity index (χ1) is 11.6. The van der Waals surface area contributed by atoms with Crippen LogP contribution in [0.5, 0.6) is 0 Å². The minimum atomic E-state index is -0.863. The molecule has 0 amide bonds. The van der Waals surface area contributed by atoms with Gasteiger partial charge in [-0.1, -0.05) is 104 Å². The van der Waals surface area contributed by atoms with E-state index in [1.807, 2.05) is 13.8 Å². The molecule has 0 aromatic rings. The van der Waals surface area contributed by atoms with Crippen LogP contribution in [0.2, 0.25) is 0 Å². The highest BCUT2D eigenvalue weighted by Gasteiger charge is 2.23. The highest BCUT2D eigenvalue weighted by Crippen LogP contribution is 2.29. The normalized spacial score (nSPS) is 13.0. The van der Waals surface area contributed by atoms with Crippen molar-refractivity contribution in [1.29, 1.82) is 0 Å². The number of rotatable bonds is 16. The van der Waals surface area contributed by atoms with Crippen LogP contribution in [0.1, 0.15) is 117 Å². The lowest BCUT2D eigenvalue weighted by Crippen LogP contribution is -2.40. The van der Waals surface area contributed by atoms with E-state index >= 15 is 0 Å². The number of aliphatic carboxylic acids is 1. The van der Waals surface area contributed by atoms with Crippen LogP contribution in [0, 0.1) is 5.41 Å². The molecule has 146 valence electrons. The number of carbonyl (C=O) groups excluding carboxylic acids is 1. The van der Waals surface area contributed by atoms with Crippen LogP contribution in [-0.4, -0.2) is 5.97 Å². The van der Waals surface area contributed by atoms with Gasteiger partial charge >= 0.3 is 0 Å². The van der Waals surface area contributed by atoms with E-state index in [2.05, 4.69) is 24.0 Å². The van der Waals surface area contributed by atoms with E-state index in [1.54, 1.807) is 0 Å². The fraction of sp³-hybridized carbons (Fsp3) is 0.950. The van der Waals surface area contributed by atoms with E-state index in [4.69, 9.17) is 0 Å². The predicted molar refractivity (Wildman–Crippen MR) is 104 cm³/mol. The molecule has 1 unspecified atom stereocenters. The van der Waals surface area contributed by atoms with E-state index in [-0.39, 0.29) is 0 Å². The fourth-order valence-electron chi connectivity index (χ4n) is 3.24. The first-order valence-electron chi connectivity index (χ1n) is 10.00. The zero-order chi connectivity index (χ0) is 18.7. The molecule has 3 nitrogen and oxygen atoms in total. The molecule has 0 aliphatic carbocycles. The molecule has 0 aromatic heterocycles. The third kappa shape index (κ3) is 15.3. The van der Waals surface area contributed by atoms with Gasteiger partial charge < -0.3 is 9.90 Å². The van der Waals surface area contributed by atoms with Gasteiger partial charge in [0.05, 0.1) is 0 Å². The van der Waals surface area contributed by atoms with Crippen molar-refractivity contribution >= 4 is 17.7 Å². The number of halogens is 1. The fourth-order valence-corrected chi connectivity index (χ4v) is 3.24. The van der Waals surface area contributed by atoms with Crippen molar-refractivity contribution in [2.75, 3.05) is 0 Å². The highest BCUT2D eigenvalue weighted by atomic mass is 35.5. The van der Waals surface area contributed by atoms with Crippen LogP contribution in [0.15, 0.2) is 0 Å². The van der Waals surface area contributed by atoms with Gasteiger partial charge in [0.15, 0.2) is 0 Å². The summed E-state index contributed by atoms with van der Waals surface area (Å²) < 4.78 is 0. The Bertz CT molecular complexity index is 274. The van der Waals surface area contributed by atoms with Crippen LogP contribution in [0.25, 0.3) is 0 Å². The molecule has 0 fully saturated rings. The molecule has 0 spiro atoms. The van der Waals surface area contributed by atoms with Crippen molar-refractivity contribution in [1.82, 2.24) is 0 Å². The highest BCUT2D eigenvalue weighted by molar-refractivity contribution is 6.11. The van der Waals surface area contributed by atoms with Crippen LogP contribution < -0.4 is 10.4 Å². The average molecular weight is 363 g/mol. The third-order valence-electron chi connectivity index (χ3n) is 4.88. The van der Waals surface area contributed by atoms with E-state index in [0.717, 1.165) is 25.7 Å². The second kappa shape index (κ2) is 19.1. The number of carboxylic acid groups (broad SMARTS) is 1. The van der Waals surface area contributed by atoms with Gasteiger partial charge in [0.1, 0.15) is 0 Å². The maximum atomic E-state index is 11.2. The van der Waals surface area contributed by atoms with Crippen molar-refractivity contribution in [3.8, 4) is 0 Å². The molecule has 0 rings (SSSR count). The second-order valence-electron chi connectivity index (χ2n) is 7.24. The Morgan fingerprint density at radius 2 is 1.12 bits per heavy atom. The first kappa shape index (κ1) is 26.0. The molecule has 0 heterocycles. The minimum Gasteiger partial charge on any atom is -0.550 e. The quantitative estimate of drug-likeness (QED) is 0.281. The first-order valence-corrected chi connectivity index (χ1v) is 10.4. The molecule has 0 aliphatic heterocycles. The van der Waals surface area contributed by atoms with Crippen molar-refractivity contribution in [3.05, 3.63) is 0 Å². The lowest BCUT2D eigenvalue weighted by Gasteiger charge is -2.30. The monoisotopic (exact) mass is 362 g/mol. The number of hydrogen-bond donors (Lipinski definition) is 1. The summed E-state index contributed by atoms with van der Waals surface area (Å²) in [6.07, 6.45) is 18.3. The molecule has 0 saturated carbocycles. The van der Waals surface area contributed by atoms with Crippen LogP contribution in [-0.2, 0) is 4.79 Å². The van der Waals surface area contributed by atoms with Crippen LogP contribution >= 0.6 is 11.8 Å². The number of unbranched alkanes of at least 4 members (excludes halogenated alkanes) is 11. The zero-order valence-corrected chi connectivity index (χ0v) is 17.1. The average Bonchev–Trinajstić information content (AvgIpc) is 2.58. The molecule has 0 radical (unpaired) electrons. The van der Waals surface area contributed by atoms with Gasteiger partial charge in [-0.2, -0.15) is 0 Å². The number of carbonyl (C=O) groups is 1. The molecular weight excluding hydrogens is 322 g/mol. The number of hydrogen-bond acceptors (Lipinski definition) is 3. The number of carboxylic acids is 1. The summed E-state index contributed by atoms with van der Waals surface area (Å²) in [7, 11) is 0. The Labute approximate surface area is 155 Å².